The average molecular weight is 208 g/mol. The molecule has 0 aliphatic heterocycles. The number of carboxylic acid groups (broad SMARTS) is 1. The molecule has 0 unspecified atom stereocenters. The van der Waals surface area contributed by atoms with E-state index in [2.05, 4.69) is 9.36 Å². The first-order valence-corrected chi connectivity index (χ1v) is 4.81. The van der Waals surface area contributed by atoms with Gasteiger partial charge in [-0.3, -0.25) is 0 Å². The third-order valence-electron chi connectivity index (χ3n) is 1.92. The van der Waals surface area contributed by atoms with E-state index >= 15 is 0 Å². The van der Waals surface area contributed by atoms with E-state index in [4.69, 9.17) is 5.11 Å². The van der Waals surface area contributed by atoms with Gasteiger partial charge in [-0.25, -0.2) is 4.79 Å². The van der Waals surface area contributed by atoms with Crippen molar-refractivity contribution in [1.82, 2.24) is 9.36 Å². The van der Waals surface area contributed by atoms with Crippen LogP contribution in [0.15, 0.2) is 18.3 Å². The summed E-state index contributed by atoms with van der Waals surface area (Å²) in [6.07, 6.45) is 1.76. The van der Waals surface area contributed by atoms with Crippen molar-refractivity contribution >= 4 is 17.5 Å². The predicted molar refractivity (Wildman–Crippen MR) is 53.6 cm³/mol. The molecule has 0 spiro atoms. The maximum absolute atomic E-state index is 11.0. The van der Waals surface area contributed by atoms with Crippen LogP contribution in [0.4, 0.5) is 0 Å². The molecule has 0 fully saturated rings. The fourth-order valence-corrected chi connectivity index (χ4v) is 2.15. The average Bonchev–Trinajstić information content (AvgIpc) is 2.70. The van der Waals surface area contributed by atoms with Crippen LogP contribution < -0.4 is 0 Å². The predicted octanol–water partition coefficient (Wildman–Crippen LogP) is 2.14. The zero-order valence-electron chi connectivity index (χ0n) is 7.44. The second-order valence-corrected chi connectivity index (χ2v) is 3.63. The topological polar surface area (TPSA) is 66.0 Å². The summed E-state index contributed by atoms with van der Waals surface area (Å²) in [5.41, 5.74) is 1.65. The number of aromatic amines is 1. The molecular formula is C9H8N2O2S. The summed E-state index contributed by atoms with van der Waals surface area (Å²) in [5.74, 6) is -0.930. The molecule has 0 saturated carbocycles. The van der Waals surface area contributed by atoms with E-state index in [1.54, 1.807) is 13.1 Å². The Balaban J connectivity index is 2.60. The molecule has 2 rings (SSSR count). The number of H-pyrrole nitrogens is 1. The molecule has 14 heavy (non-hydrogen) atoms. The Morgan fingerprint density at radius 3 is 3.00 bits per heavy atom. The van der Waals surface area contributed by atoms with Gasteiger partial charge in [0.15, 0.2) is 0 Å². The maximum atomic E-state index is 11.0. The van der Waals surface area contributed by atoms with E-state index in [-0.39, 0.29) is 5.56 Å². The number of aromatic nitrogens is 2. The third-order valence-corrected chi connectivity index (χ3v) is 2.89. The number of hydrogen-bond acceptors (Lipinski definition) is 3. The lowest BCUT2D eigenvalue weighted by molar-refractivity contribution is 0.0697. The van der Waals surface area contributed by atoms with Crippen LogP contribution >= 0.6 is 11.5 Å². The van der Waals surface area contributed by atoms with Crippen LogP contribution in [0.1, 0.15) is 16.1 Å². The van der Waals surface area contributed by atoms with Gasteiger partial charge < -0.3 is 10.1 Å². The second-order valence-electron chi connectivity index (χ2n) is 2.86. The molecule has 5 heteroatoms. The molecular weight excluding hydrogens is 200 g/mol. The van der Waals surface area contributed by atoms with E-state index in [1.807, 2.05) is 12.1 Å². The largest absolute Gasteiger partial charge is 0.478 e. The maximum Gasteiger partial charge on any atom is 0.339 e. The molecule has 2 heterocycles. The van der Waals surface area contributed by atoms with Crippen LogP contribution in [-0.2, 0) is 0 Å². The van der Waals surface area contributed by atoms with Gasteiger partial charge in [-0.2, -0.15) is 4.37 Å². The molecule has 4 nitrogen and oxygen atoms in total. The highest BCUT2D eigenvalue weighted by atomic mass is 32.1. The molecule has 0 aliphatic carbocycles. The molecule has 0 radical (unpaired) electrons. The number of nitrogens with zero attached hydrogens (tertiary/aromatic N) is 1. The van der Waals surface area contributed by atoms with Crippen molar-refractivity contribution in [1.29, 1.82) is 0 Å². The number of carbonyl (C=O) groups is 1. The zero-order chi connectivity index (χ0) is 10.1. The van der Waals surface area contributed by atoms with Gasteiger partial charge in [0.1, 0.15) is 5.56 Å². The minimum atomic E-state index is -0.930. The van der Waals surface area contributed by atoms with Crippen LogP contribution in [0.3, 0.4) is 0 Å². The van der Waals surface area contributed by atoms with Gasteiger partial charge in [0.05, 0.1) is 16.3 Å². The summed E-state index contributed by atoms with van der Waals surface area (Å²) in [6, 6.07) is 3.66. The van der Waals surface area contributed by atoms with Gasteiger partial charge in [-0.15, -0.1) is 0 Å². The standard InChI is InChI=1S/C9H8N2O2S/c1-5-7(9(12)13)8(14-11-5)6-3-2-4-10-6/h2-4,10H,1H3,(H,12,13). The van der Waals surface area contributed by atoms with Gasteiger partial charge in [0.25, 0.3) is 0 Å². The monoisotopic (exact) mass is 208 g/mol. The number of hydrogen-bond donors (Lipinski definition) is 2. The van der Waals surface area contributed by atoms with E-state index in [1.165, 1.54) is 11.5 Å². The van der Waals surface area contributed by atoms with Gasteiger partial charge >= 0.3 is 5.97 Å². The Bertz CT molecular complexity index is 459. The highest BCUT2D eigenvalue weighted by Crippen LogP contribution is 2.28. The summed E-state index contributed by atoms with van der Waals surface area (Å²) in [5, 5.41) is 8.99. The van der Waals surface area contributed by atoms with Crippen LogP contribution in [0.5, 0.6) is 0 Å². The number of rotatable bonds is 2. The molecule has 0 atom stereocenters. The van der Waals surface area contributed by atoms with Gasteiger partial charge in [-0.1, -0.05) is 0 Å². The Labute approximate surface area is 84.4 Å². The molecule has 0 aliphatic rings. The fraction of sp³-hybridized carbons (Fsp3) is 0.111. The first kappa shape index (κ1) is 8.96. The van der Waals surface area contributed by atoms with Crippen molar-refractivity contribution in [3.63, 3.8) is 0 Å². The number of carboxylic acids is 1. The lowest BCUT2D eigenvalue weighted by Crippen LogP contribution is -1.98. The number of aryl methyl sites for hydroxylation is 1. The van der Waals surface area contributed by atoms with E-state index in [0.29, 0.717) is 10.6 Å². The van der Waals surface area contributed by atoms with Crippen LogP contribution in [0, 0.1) is 6.92 Å². The van der Waals surface area contributed by atoms with Crippen LogP contribution in [-0.4, -0.2) is 20.4 Å². The van der Waals surface area contributed by atoms with Crippen molar-refractivity contribution in [2.45, 2.75) is 6.92 Å². The molecule has 0 bridgehead atoms. The molecule has 2 aromatic rings. The van der Waals surface area contributed by atoms with Gasteiger partial charge in [0.2, 0.25) is 0 Å². The van der Waals surface area contributed by atoms with E-state index in [0.717, 1.165) is 5.69 Å². The first-order valence-electron chi connectivity index (χ1n) is 4.03. The zero-order valence-corrected chi connectivity index (χ0v) is 8.26. The lowest BCUT2D eigenvalue weighted by Gasteiger charge is -1.95. The minimum absolute atomic E-state index is 0.289. The Hall–Kier alpha value is -1.62. The van der Waals surface area contributed by atoms with Crippen molar-refractivity contribution in [2.24, 2.45) is 0 Å². The van der Waals surface area contributed by atoms with E-state index in [9.17, 15) is 4.79 Å². The fourth-order valence-electron chi connectivity index (χ4n) is 1.28. The van der Waals surface area contributed by atoms with E-state index < -0.39 is 5.97 Å². The first-order chi connectivity index (χ1) is 6.70. The van der Waals surface area contributed by atoms with Gasteiger partial charge in [-0.05, 0) is 30.6 Å². The van der Waals surface area contributed by atoms with Crippen molar-refractivity contribution in [2.75, 3.05) is 0 Å². The molecule has 0 amide bonds. The third kappa shape index (κ3) is 1.31. The SMILES string of the molecule is Cc1nsc(-c2ccc[nH]2)c1C(=O)O. The summed E-state index contributed by atoms with van der Waals surface area (Å²) in [7, 11) is 0. The van der Waals surface area contributed by atoms with Crippen molar-refractivity contribution in [3.8, 4) is 10.6 Å². The number of nitrogens with one attached hydrogen (secondary N) is 1. The highest BCUT2D eigenvalue weighted by molar-refractivity contribution is 7.10. The second kappa shape index (κ2) is 3.26. The van der Waals surface area contributed by atoms with Crippen molar-refractivity contribution < 1.29 is 9.90 Å². The summed E-state index contributed by atoms with van der Waals surface area (Å²) < 4.78 is 4.03. The Morgan fingerprint density at radius 2 is 2.43 bits per heavy atom. The molecule has 2 N–H and O–H groups in total. The summed E-state index contributed by atoms with van der Waals surface area (Å²) >= 11 is 1.20. The quantitative estimate of drug-likeness (QED) is 0.794. The Morgan fingerprint density at radius 1 is 1.64 bits per heavy atom. The summed E-state index contributed by atoms with van der Waals surface area (Å²) in [4.78, 5) is 14.6. The highest BCUT2D eigenvalue weighted by Gasteiger charge is 2.18. The Kier molecular flexibility index (Phi) is 2.09. The lowest BCUT2D eigenvalue weighted by atomic mass is 10.2. The molecule has 2 aromatic heterocycles. The van der Waals surface area contributed by atoms with Crippen LogP contribution in [0.25, 0.3) is 10.6 Å². The van der Waals surface area contributed by atoms with Crippen molar-refractivity contribution in [3.05, 3.63) is 29.6 Å². The minimum Gasteiger partial charge on any atom is -0.478 e. The summed E-state index contributed by atoms with van der Waals surface area (Å²) in [6.45, 7) is 1.70. The number of aromatic carboxylic acids is 1. The normalized spacial score (nSPS) is 10.4. The van der Waals surface area contributed by atoms with Crippen LogP contribution in [0.2, 0.25) is 0 Å². The molecule has 0 aromatic carbocycles. The molecule has 72 valence electrons. The van der Waals surface area contributed by atoms with Gasteiger partial charge in [0, 0.05) is 6.20 Å². The smallest absolute Gasteiger partial charge is 0.339 e. The molecule has 0 saturated heterocycles.